The number of carboxylic acid groups (broad SMARTS) is 2. The van der Waals surface area contributed by atoms with E-state index < -0.39 is 82.5 Å². The number of carbonyl (C=O) groups is 9. The van der Waals surface area contributed by atoms with Crippen molar-refractivity contribution in [2.24, 2.45) is 5.41 Å². The monoisotopic (exact) mass is 662 g/mol. The molecule has 0 unspecified atom stereocenters. The van der Waals surface area contributed by atoms with Crippen LogP contribution in [0.5, 0.6) is 0 Å². The lowest BCUT2D eigenvalue weighted by atomic mass is 9.87. The Hall–Kier alpha value is -4.06. The van der Waals surface area contributed by atoms with Gasteiger partial charge in [0.15, 0.2) is 5.12 Å². The predicted molar refractivity (Wildman–Crippen MR) is 157 cm³/mol. The fraction of sp³-hybridized carbons (Fsp3) is 0.667. The van der Waals surface area contributed by atoms with Gasteiger partial charge >= 0.3 is 17.9 Å². The summed E-state index contributed by atoms with van der Waals surface area (Å²) in [4.78, 5) is 105. The Morgan fingerprint density at radius 1 is 0.778 bits per heavy atom. The van der Waals surface area contributed by atoms with E-state index in [9.17, 15) is 48.3 Å². The number of esters is 1. The number of Topliss-reactive ketones (excluding diaryl/α,β-unsaturated/α-hetero) is 1. The normalized spacial score (nSPS) is 12.9. The molecule has 0 bridgehead atoms. The van der Waals surface area contributed by atoms with Gasteiger partial charge in [-0.3, -0.25) is 33.6 Å². The molecule has 0 saturated heterocycles. The molecule has 0 aliphatic carbocycles. The molecular weight excluding hydrogens is 620 g/mol. The maximum Gasteiger partial charge on any atom is 0.326 e. The van der Waals surface area contributed by atoms with Crippen molar-refractivity contribution in [2.75, 3.05) is 25.4 Å². The van der Waals surface area contributed by atoms with Crippen LogP contribution in [0.3, 0.4) is 0 Å². The van der Waals surface area contributed by atoms with E-state index in [1.807, 2.05) is 0 Å². The van der Waals surface area contributed by atoms with Crippen LogP contribution in [0, 0.1) is 5.41 Å². The summed E-state index contributed by atoms with van der Waals surface area (Å²) in [5.41, 5.74) is -1.24. The summed E-state index contributed by atoms with van der Waals surface area (Å²) in [6.07, 6.45) is -3.11. The van der Waals surface area contributed by atoms with Crippen molar-refractivity contribution in [3.8, 4) is 0 Å². The van der Waals surface area contributed by atoms with Crippen molar-refractivity contribution in [1.82, 2.24) is 21.3 Å². The van der Waals surface area contributed by atoms with Crippen LogP contribution in [0.25, 0.3) is 0 Å². The maximum absolute atomic E-state index is 12.3. The molecule has 254 valence electrons. The number of hydrogen-bond acceptors (Lipinski definition) is 12. The number of thioether (sulfide) groups is 1. The van der Waals surface area contributed by atoms with Crippen molar-refractivity contribution in [3.05, 3.63) is 0 Å². The number of aliphatic hydroxyl groups excluding tert-OH is 1. The van der Waals surface area contributed by atoms with E-state index in [1.165, 1.54) is 13.8 Å². The van der Waals surface area contributed by atoms with Crippen LogP contribution >= 0.6 is 11.8 Å². The molecule has 0 fully saturated rings. The molecule has 4 amide bonds. The van der Waals surface area contributed by atoms with E-state index in [0.29, 0.717) is 0 Å². The van der Waals surface area contributed by atoms with Gasteiger partial charge in [0.25, 0.3) is 0 Å². The Kier molecular flexibility index (Phi) is 18.9. The van der Waals surface area contributed by atoms with Gasteiger partial charge in [-0.2, -0.15) is 0 Å². The predicted octanol–water partition coefficient (Wildman–Crippen LogP) is -1.50. The third-order valence-corrected chi connectivity index (χ3v) is 6.85. The number of aliphatic hydroxyl groups is 1. The first-order valence-corrected chi connectivity index (χ1v) is 14.9. The van der Waals surface area contributed by atoms with Crippen molar-refractivity contribution < 1.29 is 63.2 Å². The average molecular weight is 663 g/mol. The number of hydrogen-bond donors (Lipinski definition) is 7. The Balaban J connectivity index is 4.31. The molecule has 17 nitrogen and oxygen atoms in total. The maximum atomic E-state index is 12.3. The molecule has 3 atom stereocenters. The molecule has 0 aromatic heterocycles. The van der Waals surface area contributed by atoms with Crippen LogP contribution in [-0.2, 0) is 47.9 Å². The number of carboxylic acids is 2. The molecule has 0 saturated carbocycles. The highest BCUT2D eigenvalue weighted by atomic mass is 32.2. The third kappa shape index (κ3) is 19.0. The van der Waals surface area contributed by atoms with Crippen molar-refractivity contribution in [3.63, 3.8) is 0 Å². The fourth-order valence-corrected chi connectivity index (χ4v) is 4.18. The molecule has 0 heterocycles. The van der Waals surface area contributed by atoms with Gasteiger partial charge in [0.2, 0.25) is 23.6 Å². The molecule has 0 aliphatic rings. The zero-order valence-corrected chi connectivity index (χ0v) is 26.5. The zero-order chi connectivity index (χ0) is 34.7. The Labute approximate surface area is 264 Å². The van der Waals surface area contributed by atoms with E-state index in [2.05, 4.69) is 21.3 Å². The van der Waals surface area contributed by atoms with E-state index in [4.69, 9.17) is 14.9 Å². The van der Waals surface area contributed by atoms with Crippen LogP contribution in [-0.4, -0.2) is 111 Å². The molecule has 0 aliphatic heterocycles. The number of ketones is 1. The second-order valence-electron chi connectivity index (χ2n) is 10.6. The largest absolute Gasteiger partial charge is 0.480 e. The van der Waals surface area contributed by atoms with E-state index in [0.717, 1.165) is 25.6 Å². The lowest BCUT2D eigenvalue weighted by Crippen LogP contribution is -2.47. The molecule has 18 heteroatoms. The minimum absolute atomic E-state index is 0.0834. The Bertz CT molecular complexity index is 1110. The number of rotatable bonds is 22. The fourth-order valence-electron chi connectivity index (χ4n) is 3.49. The lowest BCUT2D eigenvalue weighted by Gasteiger charge is -2.29. The summed E-state index contributed by atoms with van der Waals surface area (Å²) >= 11 is 0.806. The Morgan fingerprint density at radius 2 is 1.31 bits per heavy atom. The average Bonchev–Trinajstić information content (AvgIpc) is 2.93. The number of amides is 4. The van der Waals surface area contributed by atoms with Gasteiger partial charge in [-0.05, 0) is 12.8 Å². The van der Waals surface area contributed by atoms with Gasteiger partial charge in [-0.15, -0.1) is 0 Å². The molecule has 0 rings (SSSR count). The van der Waals surface area contributed by atoms with Crippen molar-refractivity contribution >= 4 is 64.2 Å². The van der Waals surface area contributed by atoms with Gasteiger partial charge < -0.3 is 41.3 Å². The van der Waals surface area contributed by atoms with Crippen LogP contribution in [0.4, 0.5) is 0 Å². The van der Waals surface area contributed by atoms with Gasteiger partial charge in [0.05, 0.1) is 13.0 Å². The van der Waals surface area contributed by atoms with Crippen LogP contribution < -0.4 is 21.3 Å². The standard InChI is InChI=1S/C27H42N4O13S/c1-15(32)30-18(25(40)41)6-5-17(34)13-22(37)45-12-11-28-20(35)9-10-29-24(39)23(38)27(3,4)14-44-21(36)8-7-19(26(42)43)31-16(2)33/h18-19,23,38H,5-14H2,1-4H3,(H,28,35)(H,29,39)(H,30,32)(H,31,33)(H,40,41)(H,42,43)/t18-,19-,23-/m0/s1. The number of ether oxygens (including phenoxy) is 1. The van der Waals surface area contributed by atoms with Crippen molar-refractivity contribution in [1.29, 1.82) is 0 Å². The van der Waals surface area contributed by atoms with Crippen LogP contribution in [0.15, 0.2) is 0 Å². The second-order valence-corrected chi connectivity index (χ2v) is 11.8. The highest BCUT2D eigenvalue weighted by Gasteiger charge is 2.35. The van der Waals surface area contributed by atoms with Crippen LogP contribution in [0.1, 0.15) is 66.2 Å². The number of nitrogens with one attached hydrogen (secondary N) is 4. The molecule has 7 N–H and O–H groups in total. The van der Waals surface area contributed by atoms with E-state index in [1.54, 1.807) is 0 Å². The summed E-state index contributed by atoms with van der Waals surface area (Å²) in [6, 6.07) is -2.51. The van der Waals surface area contributed by atoms with Crippen molar-refractivity contribution in [2.45, 2.75) is 84.4 Å². The number of carbonyl (C=O) groups excluding carboxylic acids is 7. The van der Waals surface area contributed by atoms with Gasteiger partial charge in [-0.1, -0.05) is 25.6 Å². The minimum Gasteiger partial charge on any atom is -0.480 e. The number of aliphatic carboxylic acids is 2. The third-order valence-electron chi connectivity index (χ3n) is 5.97. The van der Waals surface area contributed by atoms with Gasteiger partial charge in [0, 0.05) is 57.4 Å². The highest BCUT2D eigenvalue weighted by Crippen LogP contribution is 2.22. The van der Waals surface area contributed by atoms with E-state index in [-0.39, 0.29) is 57.6 Å². The first-order chi connectivity index (χ1) is 20.8. The topological polar surface area (TPSA) is 272 Å². The summed E-state index contributed by atoms with van der Waals surface area (Å²) in [5.74, 6) is -6.14. The highest BCUT2D eigenvalue weighted by molar-refractivity contribution is 8.13. The molecule has 0 aromatic carbocycles. The van der Waals surface area contributed by atoms with E-state index >= 15 is 0 Å². The summed E-state index contributed by atoms with van der Waals surface area (Å²) in [7, 11) is 0. The van der Waals surface area contributed by atoms with Gasteiger partial charge in [0.1, 0.15) is 24.0 Å². The van der Waals surface area contributed by atoms with Gasteiger partial charge in [-0.25, -0.2) is 9.59 Å². The minimum atomic E-state index is -1.62. The summed E-state index contributed by atoms with van der Waals surface area (Å²) in [5, 5.41) is 37.3. The lowest BCUT2D eigenvalue weighted by molar-refractivity contribution is -0.154. The molecule has 0 aromatic rings. The summed E-state index contributed by atoms with van der Waals surface area (Å²) in [6.45, 7) is 4.78. The smallest absolute Gasteiger partial charge is 0.326 e. The summed E-state index contributed by atoms with van der Waals surface area (Å²) < 4.78 is 5.06. The zero-order valence-electron chi connectivity index (χ0n) is 25.6. The SMILES string of the molecule is CC(=O)N[C@@H](CCC(=O)CC(=O)SCCNC(=O)CCNC(=O)[C@H](O)C(C)(C)COC(=O)CC[C@H](NC(C)=O)C(=O)O)C(=O)O. The second kappa shape index (κ2) is 20.8. The first-order valence-electron chi connectivity index (χ1n) is 13.9. The van der Waals surface area contributed by atoms with Crippen LogP contribution in [0.2, 0.25) is 0 Å². The molecule has 0 radical (unpaired) electrons. The molecule has 45 heavy (non-hydrogen) atoms. The first kappa shape index (κ1) is 40.9. The molecule has 0 spiro atoms. The molecular formula is C27H42N4O13S. The quantitative estimate of drug-likeness (QED) is 0.0395. The Morgan fingerprint density at radius 3 is 1.82 bits per heavy atom.